The van der Waals surface area contributed by atoms with E-state index < -0.39 is 12.7 Å². The third kappa shape index (κ3) is 2.11. The van der Waals surface area contributed by atoms with Gasteiger partial charge in [0.2, 0.25) is 0 Å². The lowest BCUT2D eigenvalue weighted by Gasteiger charge is -2.12. The molecule has 0 radical (unpaired) electrons. The number of aryl methyl sites for hydroxylation is 1. The Hall–Kier alpha value is -0.800. The van der Waals surface area contributed by atoms with Crippen LogP contribution in [0.2, 0.25) is 5.02 Å². The van der Waals surface area contributed by atoms with Crippen LogP contribution in [0.25, 0.3) is 0 Å². The van der Waals surface area contributed by atoms with E-state index in [1.807, 2.05) is 0 Å². The number of hydrogen-bond donors (Lipinski definition) is 2. The van der Waals surface area contributed by atoms with Crippen LogP contribution >= 0.6 is 11.6 Å². The molecule has 2 nitrogen and oxygen atoms in total. The Morgan fingerprint density at radius 3 is 2.77 bits per heavy atom. The fourth-order valence-electron chi connectivity index (χ4n) is 1.13. The Labute approximate surface area is 81.1 Å². The minimum absolute atomic E-state index is 0.0227. The summed E-state index contributed by atoms with van der Waals surface area (Å²) in [6.07, 6.45) is 0. The predicted octanol–water partition coefficient (Wildman–Crippen LogP) is 2.32. The van der Waals surface area contributed by atoms with E-state index in [9.17, 15) is 9.50 Å². The van der Waals surface area contributed by atoms with Crippen molar-refractivity contribution >= 4 is 11.6 Å². The molecule has 1 aromatic rings. The molecular formula is C9H11ClFNO. The van der Waals surface area contributed by atoms with Crippen LogP contribution < -0.4 is 5.73 Å². The van der Waals surface area contributed by atoms with Crippen LogP contribution in [0.4, 0.5) is 4.39 Å². The first-order valence-electron chi connectivity index (χ1n) is 3.86. The molecule has 0 amide bonds. The molecule has 4 heteroatoms. The number of benzene rings is 1. The molecule has 1 aromatic carbocycles. The predicted molar refractivity (Wildman–Crippen MR) is 50.8 cm³/mol. The topological polar surface area (TPSA) is 46.2 Å². The molecule has 0 spiro atoms. The highest BCUT2D eigenvalue weighted by Gasteiger charge is 2.13. The summed E-state index contributed by atoms with van der Waals surface area (Å²) in [5.41, 5.74) is 6.40. The van der Waals surface area contributed by atoms with E-state index in [1.165, 1.54) is 6.07 Å². The largest absolute Gasteiger partial charge is 0.507 e. The van der Waals surface area contributed by atoms with Crippen molar-refractivity contribution in [3.05, 3.63) is 28.3 Å². The molecule has 72 valence electrons. The van der Waals surface area contributed by atoms with Gasteiger partial charge in [0, 0.05) is 10.6 Å². The summed E-state index contributed by atoms with van der Waals surface area (Å²) < 4.78 is 12.2. The van der Waals surface area contributed by atoms with Crippen molar-refractivity contribution in [3.8, 4) is 5.75 Å². The Balaban J connectivity index is 3.20. The Morgan fingerprint density at radius 1 is 1.62 bits per heavy atom. The average Bonchev–Trinajstić information content (AvgIpc) is 2.10. The monoisotopic (exact) mass is 203 g/mol. The Kier molecular flexibility index (Phi) is 3.12. The van der Waals surface area contributed by atoms with Gasteiger partial charge in [0.15, 0.2) is 0 Å². The van der Waals surface area contributed by atoms with Crippen molar-refractivity contribution in [2.75, 3.05) is 6.67 Å². The first-order valence-corrected chi connectivity index (χ1v) is 4.24. The van der Waals surface area contributed by atoms with E-state index in [0.717, 1.165) is 0 Å². The molecule has 0 aliphatic heterocycles. The van der Waals surface area contributed by atoms with Crippen molar-refractivity contribution in [1.29, 1.82) is 0 Å². The first kappa shape index (κ1) is 10.3. The van der Waals surface area contributed by atoms with Crippen molar-refractivity contribution < 1.29 is 9.50 Å². The maximum absolute atomic E-state index is 12.2. The molecule has 0 saturated carbocycles. The fourth-order valence-corrected chi connectivity index (χ4v) is 1.41. The molecule has 1 rings (SSSR count). The van der Waals surface area contributed by atoms with E-state index in [1.54, 1.807) is 13.0 Å². The van der Waals surface area contributed by atoms with Crippen LogP contribution in [0, 0.1) is 6.92 Å². The fraction of sp³-hybridized carbons (Fsp3) is 0.333. The standard InChI is InChI=1S/C9H11ClFNO/c1-5-2-6(10)3-7(9(5)13)8(12)4-11/h2-3,8,13H,4,12H2,1H3/t8-/m0/s1. The first-order chi connectivity index (χ1) is 6.06. The summed E-state index contributed by atoms with van der Waals surface area (Å²) >= 11 is 5.73. The van der Waals surface area contributed by atoms with Crippen molar-refractivity contribution in [1.82, 2.24) is 0 Å². The molecule has 0 heterocycles. The number of hydrogen-bond acceptors (Lipinski definition) is 2. The van der Waals surface area contributed by atoms with E-state index in [0.29, 0.717) is 16.1 Å². The number of aromatic hydroxyl groups is 1. The molecule has 1 atom stereocenters. The van der Waals surface area contributed by atoms with Gasteiger partial charge in [0.05, 0.1) is 6.04 Å². The average molecular weight is 204 g/mol. The molecule has 0 saturated heterocycles. The van der Waals surface area contributed by atoms with Gasteiger partial charge in [-0.3, -0.25) is 0 Å². The third-order valence-corrected chi connectivity index (χ3v) is 2.08. The second kappa shape index (κ2) is 3.94. The summed E-state index contributed by atoms with van der Waals surface area (Å²) in [7, 11) is 0. The molecule has 0 unspecified atom stereocenters. The van der Waals surface area contributed by atoms with Crippen LogP contribution in [0.5, 0.6) is 5.75 Å². The lowest BCUT2D eigenvalue weighted by molar-refractivity contribution is 0.413. The van der Waals surface area contributed by atoms with Gasteiger partial charge in [-0.1, -0.05) is 11.6 Å². The van der Waals surface area contributed by atoms with Crippen LogP contribution in [-0.4, -0.2) is 11.8 Å². The molecule has 0 aliphatic rings. The smallest absolute Gasteiger partial charge is 0.123 e. The van der Waals surface area contributed by atoms with Gasteiger partial charge >= 0.3 is 0 Å². The number of alkyl halides is 1. The molecular weight excluding hydrogens is 193 g/mol. The molecule has 3 N–H and O–H groups in total. The molecule has 0 aliphatic carbocycles. The van der Waals surface area contributed by atoms with Crippen LogP contribution in [-0.2, 0) is 0 Å². The highest BCUT2D eigenvalue weighted by molar-refractivity contribution is 6.30. The normalized spacial score (nSPS) is 12.9. The van der Waals surface area contributed by atoms with Gasteiger partial charge < -0.3 is 10.8 Å². The summed E-state index contributed by atoms with van der Waals surface area (Å²) in [4.78, 5) is 0. The number of phenols is 1. The molecule has 0 fully saturated rings. The zero-order chi connectivity index (χ0) is 10.0. The van der Waals surface area contributed by atoms with Gasteiger partial charge in [-0.25, -0.2) is 4.39 Å². The highest BCUT2D eigenvalue weighted by atomic mass is 35.5. The van der Waals surface area contributed by atoms with Crippen molar-refractivity contribution in [2.45, 2.75) is 13.0 Å². The second-order valence-corrected chi connectivity index (χ2v) is 3.36. The zero-order valence-corrected chi connectivity index (χ0v) is 7.98. The molecule has 0 aromatic heterocycles. The quantitative estimate of drug-likeness (QED) is 0.775. The minimum Gasteiger partial charge on any atom is -0.507 e. The van der Waals surface area contributed by atoms with E-state index in [4.69, 9.17) is 17.3 Å². The minimum atomic E-state index is -0.808. The summed E-state index contributed by atoms with van der Waals surface area (Å²) in [5.74, 6) is 0.0227. The summed E-state index contributed by atoms with van der Waals surface area (Å²) in [6, 6.07) is 2.27. The summed E-state index contributed by atoms with van der Waals surface area (Å²) in [5, 5.41) is 9.97. The number of nitrogens with two attached hydrogens (primary N) is 1. The lowest BCUT2D eigenvalue weighted by Crippen LogP contribution is -2.12. The zero-order valence-electron chi connectivity index (χ0n) is 7.22. The highest BCUT2D eigenvalue weighted by Crippen LogP contribution is 2.30. The van der Waals surface area contributed by atoms with E-state index >= 15 is 0 Å². The van der Waals surface area contributed by atoms with E-state index in [-0.39, 0.29) is 5.75 Å². The number of phenolic OH excluding ortho intramolecular Hbond substituents is 1. The Morgan fingerprint density at radius 2 is 2.23 bits per heavy atom. The van der Waals surface area contributed by atoms with Gasteiger partial charge in [-0.2, -0.15) is 0 Å². The Bertz CT molecular complexity index is 317. The maximum atomic E-state index is 12.2. The lowest BCUT2D eigenvalue weighted by atomic mass is 10.0. The van der Waals surface area contributed by atoms with Crippen molar-refractivity contribution in [3.63, 3.8) is 0 Å². The van der Waals surface area contributed by atoms with E-state index in [2.05, 4.69) is 0 Å². The molecule has 13 heavy (non-hydrogen) atoms. The van der Waals surface area contributed by atoms with Crippen LogP contribution in [0.3, 0.4) is 0 Å². The number of halogens is 2. The third-order valence-electron chi connectivity index (χ3n) is 1.86. The molecule has 0 bridgehead atoms. The van der Waals surface area contributed by atoms with Gasteiger partial charge in [0.1, 0.15) is 12.4 Å². The van der Waals surface area contributed by atoms with Crippen LogP contribution in [0.15, 0.2) is 12.1 Å². The van der Waals surface area contributed by atoms with Gasteiger partial charge in [-0.05, 0) is 24.6 Å². The van der Waals surface area contributed by atoms with Gasteiger partial charge in [-0.15, -0.1) is 0 Å². The van der Waals surface area contributed by atoms with Gasteiger partial charge in [0.25, 0.3) is 0 Å². The SMILES string of the molecule is Cc1cc(Cl)cc([C@@H](N)CF)c1O. The second-order valence-electron chi connectivity index (χ2n) is 2.92. The van der Waals surface area contributed by atoms with Crippen LogP contribution in [0.1, 0.15) is 17.2 Å². The maximum Gasteiger partial charge on any atom is 0.123 e. The van der Waals surface area contributed by atoms with Crippen molar-refractivity contribution in [2.24, 2.45) is 5.73 Å². The summed E-state index contributed by atoms with van der Waals surface area (Å²) in [6.45, 7) is 0.975. The number of rotatable bonds is 2.